The Kier molecular flexibility index (Phi) is 4.17. The summed E-state index contributed by atoms with van der Waals surface area (Å²) in [6.07, 6.45) is 1.35. The van der Waals surface area contributed by atoms with Crippen LogP contribution in [0.3, 0.4) is 0 Å². The smallest absolute Gasteiger partial charge is 0.339 e. The Morgan fingerprint density at radius 3 is 2.89 bits per heavy atom. The Balaban J connectivity index is 1.92. The minimum atomic E-state index is -1.01. The van der Waals surface area contributed by atoms with Gasteiger partial charge in [0.15, 0.2) is 0 Å². The van der Waals surface area contributed by atoms with Crippen LogP contribution in [0.4, 0.5) is 0 Å². The average Bonchev–Trinajstić information content (AvgIpc) is 2.77. The second-order valence-electron chi connectivity index (χ2n) is 3.69. The second kappa shape index (κ2) is 5.84. The van der Waals surface area contributed by atoms with Crippen molar-refractivity contribution in [2.75, 3.05) is 0 Å². The fraction of sp³-hybridized carbons (Fsp3) is 0.154. The van der Waals surface area contributed by atoms with Crippen molar-refractivity contribution in [1.82, 2.24) is 0 Å². The lowest BCUT2D eigenvalue weighted by molar-refractivity contribution is 0.0671. The molecule has 2 aromatic rings. The van der Waals surface area contributed by atoms with Gasteiger partial charge in [0, 0.05) is 4.47 Å². The Hall–Kier alpha value is -1.59. The fourth-order valence-corrected chi connectivity index (χ4v) is 1.98. The molecule has 0 aliphatic carbocycles. The summed E-state index contributed by atoms with van der Waals surface area (Å²) >= 11 is 3.37. The molecule has 0 spiro atoms. The highest BCUT2D eigenvalue weighted by atomic mass is 79.9. The molecule has 0 radical (unpaired) electrons. The van der Waals surface area contributed by atoms with E-state index < -0.39 is 5.97 Å². The average molecular weight is 311 g/mol. The number of rotatable bonds is 5. The van der Waals surface area contributed by atoms with Crippen molar-refractivity contribution in [2.45, 2.75) is 13.2 Å². The van der Waals surface area contributed by atoms with E-state index in [4.69, 9.17) is 14.3 Å². The zero-order chi connectivity index (χ0) is 13.0. The van der Waals surface area contributed by atoms with Gasteiger partial charge in [0.2, 0.25) is 0 Å². The molecule has 0 fully saturated rings. The molecular weight excluding hydrogens is 300 g/mol. The maximum absolute atomic E-state index is 10.8. The lowest BCUT2D eigenvalue weighted by Crippen LogP contribution is -2.01. The maximum atomic E-state index is 10.8. The molecular formula is C13H11BrO4. The molecule has 5 heteroatoms. The van der Waals surface area contributed by atoms with E-state index in [2.05, 4.69) is 15.9 Å². The SMILES string of the molecule is O=C(O)c1ccoc1COCc1cccc(Br)c1. The second-order valence-corrected chi connectivity index (χ2v) is 4.60. The summed E-state index contributed by atoms with van der Waals surface area (Å²) in [4.78, 5) is 10.8. The highest BCUT2D eigenvalue weighted by molar-refractivity contribution is 9.10. The normalized spacial score (nSPS) is 10.5. The topological polar surface area (TPSA) is 59.7 Å². The number of hydrogen-bond donors (Lipinski definition) is 1. The molecule has 0 bridgehead atoms. The van der Waals surface area contributed by atoms with Gasteiger partial charge in [-0.1, -0.05) is 28.1 Å². The monoisotopic (exact) mass is 310 g/mol. The molecule has 18 heavy (non-hydrogen) atoms. The molecule has 0 aliphatic heterocycles. The van der Waals surface area contributed by atoms with Gasteiger partial charge < -0.3 is 14.3 Å². The molecule has 1 aromatic carbocycles. The summed E-state index contributed by atoms with van der Waals surface area (Å²) in [6, 6.07) is 9.14. The van der Waals surface area contributed by atoms with Crippen LogP contribution in [-0.4, -0.2) is 11.1 Å². The van der Waals surface area contributed by atoms with Gasteiger partial charge in [0.05, 0.1) is 12.9 Å². The van der Waals surface area contributed by atoms with Crippen LogP contribution in [0, 0.1) is 0 Å². The first-order chi connectivity index (χ1) is 8.66. The van der Waals surface area contributed by atoms with Crippen LogP contribution in [0.2, 0.25) is 0 Å². The van der Waals surface area contributed by atoms with E-state index in [9.17, 15) is 4.79 Å². The van der Waals surface area contributed by atoms with E-state index >= 15 is 0 Å². The van der Waals surface area contributed by atoms with Crippen LogP contribution >= 0.6 is 15.9 Å². The van der Waals surface area contributed by atoms with Crippen molar-refractivity contribution in [3.05, 3.63) is 58.0 Å². The molecule has 0 saturated heterocycles. The largest absolute Gasteiger partial charge is 0.478 e. The quantitative estimate of drug-likeness (QED) is 0.918. The summed E-state index contributed by atoms with van der Waals surface area (Å²) in [7, 11) is 0. The number of benzene rings is 1. The van der Waals surface area contributed by atoms with Gasteiger partial charge in [0.25, 0.3) is 0 Å². The summed E-state index contributed by atoms with van der Waals surface area (Å²) in [5.74, 6) is -0.678. The van der Waals surface area contributed by atoms with Crippen molar-refractivity contribution in [2.24, 2.45) is 0 Å². The van der Waals surface area contributed by atoms with Gasteiger partial charge in [-0.3, -0.25) is 0 Å². The standard InChI is InChI=1S/C13H11BrO4/c14-10-3-1-2-9(6-10)7-17-8-12-11(13(15)16)4-5-18-12/h1-6H,7-8H2,(H,15,16). The van der Waals surface area contributed by atoms with Gasteiger partial charge in [-0.05, 0) is 23.8 Å². The van der Waals surface area contributed by atoms with E-state index in [0.29, 0.717) is 12.4 Å². The third-order valence-corrected chi connectivity index (χ3v) is 2.86. The summed E-state index contributed by atoms with van der Waals surface area (Å²) in [5.41, 5.74) is 1.15. The Morgan fingerprint density at radius 1 is 1.33 bits per heavy atom. The number of carbonyl (C=O) groups is 1. The number of aromatic carboxylic acids is 1. The first-order valence-corrected chi connectivity index (χ1v) is 6.08. The number of furan rings is 1. The molecule has 0 aliphatic rings. The van der Waals surface area contributed by atoms with Crippen molar-refractivity contribution < 1.29 is 19.1 Å². The Labute approximate surface area is 112 Å². The summed E-state index contributed by atoms with van der Waals surface area (Å²) in [6.45, 7) is 0.542. The molecule has 1 aromatic heterocycles. The van der Waals surface area contributed by atoms with Gasteiger partial charge >= 0.3 is 5.97 Å². The van der Waals surface area contributed by atoms with Crippen molar-refractivity contribution >= 4 is 21.9 Å². The van der Waals surface area contributed by atoms with Crippen LogP contribution < -0.4 is 0 Å². The molecule has 4 nitrogen and oxygen atoms in total. The van der Waals surface area contributed by atoms with Crippen LogP contribution in [0.5, 0.6) is 0 Å². The zero-order valence-electron chi connectivity index (χ0n) is 9.43. The van der Waals surface area contributed by atoms with E-state index in [-0.39, 0.29) is 12.2 Å². The van der Waals surface area contributed by atoms with Gasteiger partial charge in [-0.15, -0.1) is 0 Å². The van der Waals surface area contributed by atoms with E-state index in [1.165, 1.54) is 12.3 Å². The summed E-state index contributed by atoms with van der Waals surface area (Å²) in [5, 5.41) is 8.89. The molecule has 0 saturated carbocycles. The fourth-order valence-electron chi connectivity index (χ4n) is 1.53. The van der Waals surface area contributed by atoms with Crippen LogP contribution in [-0.2, 0) is 18.0 Å². The third-order valence-electron chi connectivity index (χ3n) is 2.37. The van der Waals surface area contributed by atoms with Crippen LogP contribution in [0.25, 0.3) is 0 Å². The first kappa shape index (κ1) is 12.9. The third kappa shape index (κ3) is 3.21. The van der Waals surface area contributed by atoms with E-state index in [1.807, 2.05) is 24.3 Å². The summed E-state index contributed by atoms with van der Waals surface area (Å²) < 4.78 is 11.5. The number of carboxylic acids is 1. The Bertz CT molecular complexity index is 547. The number of hydrogen-bond acceptors (Lipinski definition) is 3. The zero-order valence-corrected chi connectivity index (χ0v) is 11.0. The molecule has 0 unspecified atom stereocenters. The lowest BCUT2D eigenvalue weighted by Gasteiger charge is -2.04. The molecule has 2 rings (SSSR count). The number of halogens is 1. The van der Waals surface area contributed by atoms with E-state index in [1.54, 1.807) is 0 Å². The maximum Gasteiger partial charge on any atom is 0.339 e. The first-order valence-electron chi connectivity index (χ1n) is 5.28. The minimum Gasteiger partial charge on any atom is -0.478 e. The Morgan fingerprint density at radius 2 is 2.17 bits per heavy atom. The predicted octanol–water partition coefficient (Wildman–Crippen LogP) is 3.46. The predicted molar refractivity (Wildman–Crippen MR) is 68.3 cm³/mol. The van der Waals surface area contributed by atoms with Crippen molar-refractivity contribution in [3.63, 3.8) is 0 Å². The number of carboxylic acid groups (broad SMARTS) is 1. The molecule has 94 valence electrons. The molecule has 1 heterocycles. The van der Waals surface area contributed by atoms with Gasteiger partial charge in [-0.2, -0.15) is 0 Å². The number of ether oxygens (including phenoxy) is 1. The molecule has 0 atom stereocenters. The molecule has 1 N–H and O–H groups in total. The van der Waals surface area contributed by atoms with Crippen LogP contribution in [0.1, 0.15) is 21.7 Å². The molecule has 0 amide bonds. The van der Waals surface area contributed by atoms with Crippen molar-refractivity contribution in [1.29, 1.82) is 0 Å². The van der Waals surface area contributed by atoms with Crippen molar-refractivity contribution in [3.8, 4) is 0 Å². The minimum absolute atomic E-state index is 0.140. The highest BCUT2D eigenvalue weighted by Crippen LogP contribution is 2.15. The van der Waals surface area contributed by atoms with Gasteiger partial charge in [0.1, 0.15) is 17.9 Å². The van der Waals surface area contributed by atoms with Crippen LogP contribution in [0.15, 0.2) is 45.5 Å². The lowest BCUT2D eigenvalue weighted by atomic mass is 10.2. The van der Waals surface area contributed by atoms with Gasteiger partial charge in [-0.25, -0.2) is 4.79 Å². The van der Waals surface area contributed by atoms with E-state index in [0.717, 1.165) is 10.0 Å². The highest BCUT2D eigenvalue weighted by Gasteiger charge is 2.12.